The number of aliphatic hydroxyl groups excluding tert-OH is 1. The highest BCUT2D eigenvalue weighted by Gasteiger charge is 2.59. The molecule has 1 saturated heterocycles. The molecular formula is C6H10O9S. The van der Waals surface area contributed by atoms with Gasteiger partial charge >= 0.3 is 22.3 Å². The van der Waals surface area contributed by atoms with Crippen molar-refractivity contribution in [3.8, 4) is 0 Å². The molecule has 0 aromatic rings. The van der Waals surface area contributed by atoms with Gasteiger partial charge < -0.3 is 19.7 Å². The summed E-state index contributed by atoms with van der Waals surface area (Å²) in [5, 5.41) is 17.4. The second-order valence-electron chi connectivity index (χ2n) is 2.63. The molecule has 10 heteroatoms. The summed E-state index contributed by atoms with van der Waals surface area (Å²) < 4.78 is 37.4. The minimum absolute atomic E-state index is 0.0187. The Morgan fingerprint density at radius 2 is 1.88 bits per heavy atom. The number of hydrogen-bond acceptors (Lipinski definition) is 9. The second-order valence-corrected chi connectivity index (χ2v) is 3.78. The maximum atomic E-state index is 11.0. The number of hydrogen-bond donors (Lipinski definition) is 2. The molecule has 1 aliphatic rings. The summed E-state index contributed by atoms with van der Waals surface area (Å²) in [5.74, 6) is -4.29. The molecule has 0 unspecified atom stereocenters. The van der Waals surface area contributed by atoms with Crippen LogP contribution < -0.4 is 0 Å². The fourth-order valence-corrected chi connectivity index (χ4v) is 1.50. The summed E-state index contributed by atoms with van der Waals surface area (Å²) in [6, 6.07) is 0. The lowest BCUT2D eigenvalue weighted by atomic mass is 10.6. The van der Waals surface area contributed by atoms with Crippen LogP contribution >= 0.6 is 0 Å². The van der Waals surface area contributed by atoms with Gasteiger partial charge in [0.15, 0.2) is 0 Å². The van der Waals surface area contributed by atoms with Crippen molar-refractivity contribution in [2.45, 2.75) is 5.97 Å². The highest BCUT2D eigenvalue weighted by atomic mass is 32.3. The molecule has 1 fully saturated rings. The van der Waals surface area contributed by atoms with E-state index < -0.39 is 22.3 Å². The first-order valence-electron chi connectivity index (χ1n) is 4.14. The van der Waals surface area contributed by atoms with Crippen molar-refractivity contribution in [1.82, 2.24) is 0 Å². The Kier molecular flexibility index (Phi) is 4.18. The van der Waals surface area contributed by atoms with E-state index in [0.29, 0.717) is 0 Å². The molecule has 0 aromatic carbocycles. The molecule has 94 valence electrons. The van der Waals surface area contributed by atoms with Crippen LogP contribution in [0.15, 0.2) is 0 Å². The third-order valence-corrected chi connectivity index (χ3v) is 2.24. The minimum atomic E-state index is -4.29. The Morgan fingerprint density at radius 1 is 1.25 bits per heavy atom. The standard InChI is InChI=1S/C6H10O9S/c7-1-2-12-3-4-13-5(8)6(9)14-16(10,11)15-6/h7,9H,1-4H2. The lowest BCUT2D eigenvalue weighted by Gasteiger charge is -2.30. The molecule has 0 saturated carbocycles. The van der Waals surface area contributed by atoms with Crippen LogP contribution in [0.25, 0.3) is 0 Å². The quantitative estimate of drug-likeness (QED) is 0.391. The topological polar surface area (TPSA) is 129 Å². The lowest BCUT2D eigenvalue weighted by Crippen LogP contribution is -2.57. The summed E-state index contributed by atoms with van der Waals surface area (Å²) in [4.78, 5) is 11.0. The zero-order chi connectivity index (χ0) is 12.2. The Balaban J connectivity index is 2.21. The maximum Gasteiger partial charge on any atom is 0.416 e. The van der Waals surface area contributed by atoms with Crippen LogP contribution in [-0.2, 0) is 33.0 Å². The Bertz CT molecular complexity index is 335. The van der Waals surface area contributed by atoms with Gasteiger partial charge in [-0.2, -0.15) is 16.8 Å². The monoisotopic (exact) mass is 258 g/mol. The molecule has 0 aromatic heterocycles. The molecule has 1 heterocycles. The van der Waals surface area contributed by atoms with E-state index in [1.54, 1.807) is 0 Å². The van der Waals surface area contributed by atoms with Gasteiger partial charge in [-0.25, -0.2) is 4.79 Å². The Labute approximate surface area is 90.8 Å². The van der Waals surface area contributed by atoms with E-state index in [-0.39, 0.29) is 26.4 Å². The van der Waals surface area contributed by atoms with E-state index in [9.17, 15) is 13.2 Å². The van der Waals surface area contributed by atoms with Crippen LogP contribution in [0.4, 0.5) is 0 Å². The molecule has 0 aliphatic carbocycles. The number of rotatable bonds is 6. The van der Waals surface area contributed by atoms with Gasteiger partial charge in [-0.15, -0.1) is 0 Å². The Hall–Kier alpha value is -0.780. The molecule has 0 atom stereocenters. The van der Waals surface area contributed by atoms with Gasteiger partial charge in [0.25, 0.3) is 0 Å². The normalized spacial score (nSPS) is 21.1. The van der Waals surface area contributed by atoms with Gasteiger partial charge in [0.1, 0.15) is 6.61 Å². The fourth-order valence-electron chi connectivity index (χ4n) is 0.802. The molecule has 0 amide bonds. The predicted molar refractivity (Wildman–Crippen MR) is 44.9 cm³/mol. The van der Waals surface area contributed by atoms with E-state index in [4.69, 9.17) is 14.9 Å². The molecule has 16 heavy (non-hydrogen) atoms. The van der Waals surface area contributed by atoms with Gasteiger partial charge in [-0.3, -0.25) is 0 Å². The van der Waals surface area contributed by atoms with Crippen molar-refractivity contribution < 1.29 is 41.3 Å². The first-order chi connectivity index (χ1) is 7.40. The van der Waals surface area contributed by atoms with Gasteiger partial charge in [0, 0.05) is 0 Å². The third-order valence-electron chi connectivity index (χ3n) is 1.38. The molecule has 2 N–H and O–H groups in total. The van der Waals surface area contributed by atoms with Gasteiger partial charge in [0.05, 0.1) is 19.8 Å². The van der Waals surface area contributed by atoms with Crippen molar-refractivity contribution in [1.29, 1.82) is 0 Å². The van der Waals surface area contributed by atoms with Crippen LogP contribution in [0.2, 0.25) is 0 Å². The van der Waals surface area contributed by atoms with Crippen LogP contribution in [0, 0.1) is 0 Å². The van der Waals surface area contributed by atoms with Crippen molar-refractivity contribution in [2.24, 2.45) is 0 Å². The zero-order valence-electron chi connectivity index (χ0n) is 7.99. The van der Waals surface area contributed by atoms with E-state index in [2.05, 4.69) is 13.1 Å². The molecule has 0 spiro atoms. The highest BCUT2D eigenvalue weighted by molar-refractivity contribution is 7.82. The predicted octanol–water partition coefficient (Wildman–Crippen LogP) is -2.52. The van der Waals surface area contributed by atoms with Crippen LogP contribution in [-0.4, -0.2) is 57.0 Å². The molecule has 0 bridgehead atoms. The first-order valence-corrected chi connectivity index (χ1v) is 5.47. The van der Waals surface area contributed by atoms with E-state index >= 15 is 0 Å². The van der Waals surface area contributed by atoms with Crippen LogP contribution in [0.5, 0.6) is 0 Å². The zero-order valence-corrected chi connectivity index (χ0v) is 8.81. The van der Waals surface area contributed by atoms with Crippen molar-refractivity contribution in [2.75, 3.05) is 26.4 Å². The lowest BCUT2D eigenvalue weighted by molar-refractivity contribution is -0.315. The number of aliphatic hydroxyl groups is 2. The van der Waals surface area contributed by atoms with Crippen molar-refractivity contribution in [3.63, 3.8) is 0 Å². The molecule has 0 radical (unpaired) electrons. The smallest absolute Gasteiger partial charge is 0.416 e. The fraction of sp³-hybridized carbons (Fsp3) is 0.833. The van der Waals surface area contributed by atoms with Gasteiger partial charge in [-0.1, -0.05) is 0 Å². The number of esters is 1. The second kappa shape index (κ2) is 5.03. The maximum absolute atomic E-state index is 11.0. The summed E-state index contributed by atoms with van der Waals surface area (Å²) in [7, 11) is -4.29. The van der Waals surface area contributed by atoms with Crippen molar-refractivity contribution >= 4 is 16.4 Å². The summed E-state index contributed by atoms with van der Waals surface area (Å²) >= 11 is 0. The SMILES string of the molecule is O=C(OCCOCCO)C1(O)OS(=O)(=O)O1. The summed E-state index contributed by atoms with van der Waals surface area (Å²) in [6.45, 7) is -0.366. The molecule has 1 aliphatic heterocycles. The van der Waals surface area contributed by atoms with E-state index in [1.807, 2.05) is 0 Å². The van der Waals surface area contributed by atoms with Crippen LogP contribution in [0.3, 0.4) is 0 Å². The molecule has 9 nitrogen and oxygen atoms in total. The van der Waals surface area contributed by atoms with E-state index in [0.717, 1.165) is 0 Å². The van der Waals surface area contributed by atoms with Gasteiger partial charge in [0.2, 0.25) is 0 Å². The number of carbonyl (C=O) groups is 1. The first kappa shape index (κ1) is 13.3. The highest BCUT2D eigenvalue weighted by Crippen LogP contribution is 2.29. The largest absolute Gasteiger partial charge is 0.457 e. The minimum Gasteiger partial charge on any atom is -0.457 e. The average Bonchev–Trinajstić information content (AvgIpc) is 2.14. The van der Waals surface area contributed by atoms with Crippen LogP contribution in [0.1, 0.15) is 0 Å². The summed E-state index contributed by atoms with van der Waals surface area (Å²) in [5.41, 5.74) is 0. The van der Waals surface area contributed by atoms with Gasteiger partial charge in [-0.05, 0) is 0 Å². The summed E-state index contributed by atoms with van der Waals surface area (Å²) in [6.07, 6.45) is 0. The van der Waals surface area contributed by atoms with Crippen molar-refractivity contribution in [3.05, 3.63) is 0 Å². The Morgan fingerprint density at radius 3 is 2.38 bits per heavy atom. The molecule has 1 rings (SSSR count). The molecular weight excluding hydrogens is 248 g/mol. The number of ether oxygens (including phenoxy) is 2. The average molecular weight is 258 g/mol. The van der Waals surface area contributed by atoms with E-state index in [1.165, 1.54) is 0 Å². The third kappa shape index (κ3) is 3.37. The number of carbonyl (C=O) groups excluding carboxylic acids is 1.